The third kappa shape index (κ3) is 12.0. The molecule has 0 heterocycles. The Balaban J connectivity index is 0. The molecule has 0 nitrogen and oxygen atoms in total. The first-order valence-electron chi connectivity index (χ1n) is 3.79. The van der Waals surface area contributed by atoms with E-state index in [4.69, 9.17) is 0 Å². The summed E-state index contributed by atoms with van der Waals surface area (Å²) < 4.78 is 3.34. The maximum Gasteiger partial charge on any atom is -1.00 e. The van der Waals surface area contributed by atoms with E-state index in [1.54, 1.807) is 0 Å². The normalized spacial score (nSPS) is 14.0. The third-order valence-corrected chi connectivity index (χ3v) is 1.17. The van der Waals surface area contributed by atoms with E-state index >= 15 is 0 Å². The minimum atomic E-state index is 0. The number of halogens is 1. The van der Waals surface area contributed by atoms with Crippen LogP contribution in [-0.4, -0.2) is 4.21 Å². The maximum absolute atomic E-state index is 3.34. The molecule has 68 valence electrons. The molecular formula is C11H12ClZr-. The van der Waals surface area contributed by atoms with Crippen molar-refractivity contribution in [1.82, 2.24) is 0 Å². The van der Waals surface area contributed by atoms with Crippen LogP contribution in [0.5, 0.6) is 0 Å². The van der Waals surface area contributed by atoms with Crippen LogP contribution in [0.25, 0.3) is 0 Å². The van der Waals surface area contributed by atoms with Gasteiger partial charge in [0, 0.05) is 0 Å². The first-order chi connectivity index (χ1) is 6.00. The van der Waals surface area contributed by atoms with Gasteiger partial charge in [-0.3, -0.25) is 12.2 Å². The fourth-order valence-corrected chi connectivity index (χ4v) is 0.680. The van der Waals surface area contributed by atoms with Gasteiger partial charge in [-0.05, 0) is 0 Å². The molecule has 0 saturated heterocycles. The molecule has 2 rings (SSSR count). The van der Waals surface area contributed by atoms with Crippen molar-refractivity contribution in [3.05, 3.63) is 48.6 Å². The summed E-state index contributed by atoms with van der Waals surface area (Å²) in [7, 11) is 0. The van der Waals surface area contributed by atoms with Gasteiger partial charge in [0.1, 0.15) is 0 Å². The Morgan fingerprint density at radius 2 is 1.31 bits per heavy atom. The minimum absolute atomic E-state index is 0. The molecule has 0 aromatic carbocycles. The maximum atomic E-state index is 3.34. The second-order valence-corrected chi connectivity index (χ2v) is 2.01. The summed E-state index contributed by atoms with van der Waals surface area (Å²) in [4.78, 5) is 0. The number of hydrogen-bond donors (Lipinski definition) is 0. The zero-order valence-electron chi connectivity index (χ0n) is 7.46. The Kier molecular flexibility index (Phi) is 17.3. The van der Waals surface area contributed by atoms with Crippen LogP contribution in [0.2, 0.25) is 0 Å². The number of hydrogen-bond acceptors (Lipinski definition) is 0. The molecule has 0 aromatic heterocycles. The quantitative estimate of drug-likeness (QED) is 0.525. The Bertz CT molecular complexity index is 160. The molecule has 0 radical (unpaired) electrons. The van der Waals surface area contributed by atoms with E-state index in [-0.39, 0.29) is 12.4 Å². The second-order valence-electron chi connectivity index (χ2n) is 2.01. The van der Waals surface area contributed by atoms with Crippen molar-refractivity contribution in [3.8, 4) is 0 Å². The van der Waals surface area contributed by atoms with E-state index in [2.05, 4.69) is 28.5 Å². The van der Waals surface area contributed by atoms with Crippen molar-refractivity contribution in [1.29, 1.82) is 0 Å². The zero-order valence-corrected chi connectivity index (χ0v) is 10.7. The van der Waals surface area contributed by atoms with Crippen molar-refractivity contribution in [2.24, 2.45) is 0 Å². The largest absolute Gasteiger partial charge is 1.00 e. The molecule has 0 N–H and O–H groups in total. The zero-order chi connectivity index (χ0) is 9.07. The van der Waals surface area contributed by atoms with Gasteiger partial charge in [-0.15, -0.1) is 12.8 Å². The fraction of sp³-hybridized carbons (Fsp3) is 0.182. The molecule has 0 fully saturated rings. The van der Waals surface area contributed by atoms with Crippen LogP contribution in [0.1, 0.15) is 12.8 Å². The van der Waals surface area contributed by atoms with Gasteiger partial charge in [-0.1, -0.05) is 0 Å². The van der Waals surface area contributed by atoms with Gasteiger partial charge < -0.3 is 12.4 Å². The summed E-state index contributed by atoms with van der Waals surface area (Å²) in [6, 6.07) is 0. The third-order valence-electron chi connectivity index (χ3n) is 1.17. The van der Waals surface area contributed by atoms with Crippen LogP contribution in [0.4, 0.5) is 0 Å². The van der Waals surface area contributed by atoms with Gasteiger partial charge in [0.2, 0.25) is 0 Å². The molecule has 0 aliphatic heterocycles. The van der Waals surface area contributed by atoms with Crippen molar-refractivity contribution < 1.29 is 36.6 Å². The van der Waals surface area contributed by atoms with E-state index in [1.165, 1.54) is 24.2 Å². The molecular weight excluding hydrogens is 259 g/mol. The minimum Gasteiger partial charge on any atom is -1.00 e. The van der Waals surface area contributed by atoms with E-state index in [9.17, 15) is 0 Å². The van der Waals surface area contributed by atoms with Gasteiger partial charge >= 0.3 is 28.4 Å². The fourth-order valence-electron chi connectivity index (χ4n) is 0.680. The molecule has 0 atom stereocenters. The van der Waals surface area contributed by atoms with E-state index in [0.29, 0.717) is 0 Å². The SMILES string of the molecule is [C-]1=CC=CC1.[C-]1=CC=CC1.[CH2]=[Zr+2].[Cl-]. The Morgan fingerprint density at radius 3 is 1.38 bits per heavy atom. The van der Waals surface area contributed by atoms with Crippen LogP contribution in [-0.2, 0) is 24.2 Å². The van der Waals surface area contributed by atoms with E-state index in [1.807, 2.05) is 24.3 Å². The standard InChI is InChI=1S/2C5H5.CH2.ClH.Zr/c2*1-2-4-5-3-1;;;/h2*1-3H,4H2;1H2;1H;/q2*-1;;;+2/p-1. The van der Waals surface area contributed by atoms with Crippen LogP contribution in [0, 0.1) is 12.2 Å². The second kappa shape index (κ2) is 14.5. The van der Waals surface area contributed by atoms with Crippen LogP contribution >= 0.6 is 0 Å². The molecule has 0 amide bonds. The molecule has 0 spiro atoms. The van der Waals surface area contributed by atoms with Crippen LogP contribution in [0.15, 0.2) is 36.5 Å². The Morgan fingerprint density at radius 1 is 0.923 bits per heavy atom. The summed E-state index contributed by atoms with van der Waals surface area (Å²) in [5.41, 5.74) is 0. The van der Waals surface area contributed by atoms with Crippen molar-refractivity contribution >= 4 is 4.21 Å². The molecule has 2 aliphatic rings. The van der Waals surface area contributed by atoms with E-state index < -0.39 is 0 Å². The summed E-state index contributed by atoms with van der Waals surface area (Å²) in [6.45, 7) is 0. The summed E-state index contributed by atoms with van der Waals surface area (Å²) in [6.07, 6.45) is 20.0. The van der Waals surface area contributed by atoms with Gasteiger partial charge in [-0.25, -0.2) is 24.3 Å². The average molecular weight is 271 g/mol. The molecule has 2 heteroatoms. The molecule has 0 unspecified atom stereocenters. The molecule has 2 aliphatic carbocycles. The van der Waals surface area contributed by atoms with Crippen LogP contribution < -0.4 is 12.4 Å². The van der Waals surface area contributed by atoms with Gasteiger partial charge in [0.05, 0.1) is 0 Å². The predicted octanol–water partition coefficient (Wildman–Crippen LogP) is -0.419. The van der Waals surface area contributed by atoms with Crippen molar-refractivity contribution in [3.63, 3.8) is 0 Å². The van der Waals surface area contributed by atoms with Gasteiger partial charge in [0.25, 0.3) is 0 Å². The average Bonchev–Trinajstić information content (AvgIpc) is 2.87. The van der Waals surface area contributed by atoms with Gasteiger partial charge in [0.15, 0.2) is 0 Å². The first kappa shape index (κ1) is 15.5. The Labute approximate surface area is 102 Å². The summed E-state index contributed by atoms with van der Waals surface area (Å²) in [5.74, 6) is 0. The Hall–Kier alpha value is 0.00312. The van der Waals surface area contributed by atoms with Gasteiger partial charge in [-0.2, -0.15) is 12.2 Å². The van der Waals surface area contributed by atoms with Crippen LogP contribution in [0.3, 0.4) is 0 Å². The van der Waals surface area contributed by atoms with Crippen molar-refractivity contribution in [2.45, 2.75) is 12.8 Å². The van der Waals surface area contributed by atoms with E-state index in [0.717, 1.165) is 12.8 Å². The number of rotatable bonds is 0. The van der Waals surface area contributed by atoms with Crippen molar-refractivity contribution in [2.75, 3.05) is 0 Å². The predicted molar refractivity (Wildman–Crippen MR) is 50.3 cm³/mol. The summed E-state index contributed by atoms with van der Waals surface area (Å²) in [5, 5.41) is 0. The molecule has 0 aromatic rings. The smallest absolute Gasteiger partial charge is 1.00 e. The monoisotopic (exact) mass is 269 g/mol. The first-order valence-corrected chi connectivity index (χ1v) is 5.53. The number of allylic oxidation sites excluding steroid dienone is 8. The molecule has 0 saturated carbocycles. The molecule has 13 heavy (non-hydrogen) atoms. The topological polar surface area (TPSA) is 0 Å². The molecule has 0 bridgehead atoms. The summed E-state index contributed by atoms with van der Waals surface area (Å²) >= 11 is 1.30.